The van der Waals surface area contributed by atoms with E-state index in [-0.39, 0.29) is 35.0 Å². The predicted octanol–water partition coefficient (Wildman–Crippen LogP) is 2.41. The number of likely N-dealkylation sites (N-methyl/N-ethyl adjacent to an activating group) is 1. The van der Waals surface area contributed by atoms with Gasteiger partial charge in [0.25, 0.3) is 5.91 Å². The number of pyridine rings is 1. The molecule has 2 N–H and O–H groups in total. The van der Waals surface area contributed by atoms with Crippen LogP contribution in [0, 0.1) is 5.82 Å². The smallest absolute Gasteiger partial charge is 0.433 e. The Labute approximate surface area is 207 Å². The van der Waals surface area contributed by atoms with Gasteiger partial charge in [-0.3, -0.25) is 20.4 Å². The molecular weight excluding hydrogens is 498 g/mol. The third-order valence-electron chi connectivity index (χ3n) is 6.44. The summed E-state index contributed by atoms with van der Waals surface area (Å²) in [5, 5.41) is -0.0418. The standard InChI is InChI=1S/C23H23F4N7O3/c1-12-11-37-20-17-13(9-15(24)18(20)33-7-5-32(2)6-8-33)19(35)14(10-34(12)17)21(36)30-31-22-28-4-3-16(29-22)23(25,26)27/h3-4,9-10,12H,5-8,11H2,1-2H3,(H,30,36)(H,28,29,31). The van der Waals surface area contributed by atoms with Crippen molar-refractivity contribution in [3.05, 3.63) is 51.8 Å². The van der Waals surface area contributed by atoms with Crippen LogP contribution in [0.25, 0.3) is 10.9 Å². The van der Waals surface area contributed by atoms with Crippen molar-refractivity contribution in [2.75, 3.05) is 50.2 Å². The molecule has 1 amide bonds. The molecule has 4 heterocycles. The van der Waals surface area contributed by atoms with E-state index in [1.165, 1.54) is 6.20 Å². The molecule has 0 aliphatic carbocycles. The Balaban J connectivity index is 1.51. The van der Waals surface area contributed by atoms with Gasteiger partial charge >= 0.3 is 6.18 Å². The van der Waals surface area contributed by atoms with E-state index in [9.17, 15) is 22.8 Å². The minimum Gasteiger partial charge on any atom is -0.487 e. The van der Waals surface area contributed by atoms with Gasteiger partial charge in [-0.1, -0.05) is 0 Å². The second kappa shape index (κ2) is 9.18. The zero-order valence-electron chi connectivity index (χ0n) is 19.9. The number of amides is 1. The fourth-order valence-corrected chi connectivity index (χ4v) is 4.45. The molecule has 2 aromatic heterocycles. The maximum absolute atomic E-state index is 15.4. The molecule has 0 spiro atoms. The highest BCUT2D eigenvalue weighted by Gasteiger charge is 2.33. The summed E-state index contributed by atoms with van der Waals surface area (Å²) in [4.78, 5) is 37.1. The molecule has 0 bridgehead atoms. The van der Waals surface area contributed by atoms with Gasteiger partial charge in [-0.25, -0.2) is 14.4 Å². The number of nitrogens with zero attached hydrogens (tertiary/aromatic N) is 5. The summed E-state index contributed by atoms with van der Waals surface area (Å²) >= 11 is 0. The fourth-order valence-electron chi connectivity index (χ4n) is 4.45. The molecule has 2 aliphatic rings. The van der Waals surface area contributed by atoms with Gasteiger partial charge in [-0.05, 0) is 26.1 Å². The molecule has 1 atom stereocenters. The molecule has 1 unspecified atom stereocenters. The molecular formula is C23H23F4N7O3. The lowest BCUT2D eigenvalue weighted by molar-refractivity contribution is -0.141. The third kappa shape index (κ3) is 4.52. The summed E-state index contributed by atoms with van der Waals surface area (Å²) < 4.78 is 61.7. The average Bonchev–Trinajstić information content (AvgIpc) is 2.86. The number of nitrogens with one attached hydrogen (secondary N) is 2. The van der Waals surface area contributed by atoms with Crippen LogP contribution in [0.3, 0.4) is 0 Å². The minimum absolute atomic E-state index is 0.0418. The number of hydrogen-bond donors (Lipinski definition) is 2. The van der Waals surface area contributed by atoms with Crippen molar-refractivity contribution < 1.29 is 27.1 Å². The van der Waals surface area contributed by atoms with Crippen LogP contribution >= 0.6 is 0 Å². The molecule has 5 rings (SSSR count). The molecule has 196 valence electrons. The summed E-state index contributed by atoms with van der Waals surface area (Å²) in [7, 11) is 1.98. The summed E-state index contributed by atoms with van der Waals surface area (Å²) in [6, 6.07) is 1.50. The number of hydrogen-bond acceptors (Lipinski definition) is 8. The highest BCUT2D eigenvalue weighted by molar-refractivity contribution is 6.00. The van der Waals surface area contributed by atoms with Crippen LogP contribution in [-0.2, 0) is 6.18 Å². The normalized spacial score (nSPS) is 18.0. The zero-order chi connectivity index (χ0) is 26.5. The molecule has 3 aromatic rings. The molecule has 14 heteroatoms. The highest BCUT2D eigenvalue weighted by atomic mass is 19.4. The van der Waals surface area contributed by atoms with E-state index in [1.807, 2.05) is 18.9 Å². The first kappa shape index (κ1) is 24.7. The number of hydrazine groups is 1. The van der Waals surface area contributed by atoms with Gasteiger partial charge in [-0.15, -0.1) is 0 Å². The number of anilines is 2. The van der Waals surface area contributed by atoms with Crippen molar-refractivity contribution in [2.45, 2.75) is 19.1 Å². The van der Waals surface area contributed by atoms with E-state index in [1.54, 1.807) is 4.57 Å². The molecule has 0 saturated carbocycles. The van der Waals surface area contributed by atoms with E-state index >= 15 is 4.39 Å². The summed E-state index contributed by atoms with van der Waals surface area (Å²) in [5.41, 5.74) is 2.71. The number of benzene rings is 1. The Kier molecular flexibility index (Phi) is 6.14. The van der Waals surface area contributed by atoms with E-state index in [0.29, 0.717) is 24.7 Å². The topological polar surface area (TPSA) is 105 Å². The van der Waals surface area contributed by atoms with E-state index < -0.39 is 35.0 Å². The summed E-state index contributed by atoms with van der Waals surface area (Å²) in [5.74, 6) is -1.85. The lowest BCUT2D eigenvalue weighted by atomic mass is 10.0. The molecule has 0 radical (unpaired) electrons. The Bertz CT molecular complexity index is 1430. The van der Waals surface area contributed by atoms with Crippen molar-refractivity contribution in [3.63, 3.8) is 0 Å². The van der Waals surface area contributed by atoms with Gasteiger partial charge in [0, 0.05) is 38.6 Å². The maximum atomic E-state index is 15.4. The molecule has 1 fully saturated rings. The van der Waals surface area contributed by atoms with Crippen molar-refractivity contribution in [3.8, 4) is 5.75 Å². The van der Waals surface area contributed by atoms with Crippen molar-refractivity contribution in [1.29, 1.82) is 0 Å². The largest absolute Gasteiger partial charge is 0.487 e. The van der Waals surface area contributed by atoms with Crippen LogP contribution in [0.2, 0.25) is 0 Å². The fraction of sp³-hybridized carbons (Fsp3) is 0.391. The summed E-state index contributed by atoms with van der Waals surface area (Å²) in [6.45, 7) is 4.65. The molecule has 37 heavy (non-hydrogen) atoms. The predicted molar refractivity (Wildman–Crippen MR) is 126 cm³/mol. The molecule has 2 aliphatic heterocycles. The Morgan fingerprint density at radius 3 is 2.65 bits per heavy atom. The van der Waals surface area contributed by atoms with Gasteiger partial charge in [0.2, 0.25) is 11.4 Å². The van der Waals surface area contributed by atoms with Crippen molar-refractivity contribution in [1.82, 2.24) is 24.9 Å². The lowest BCUT2D eigenvalue weighted by Gasteiger charge is -2.37. The number of aromatic nitrogens is 3. The SMILES string of the molecule is CC1COc2c(N3CCN(C)CC3)c(F)cc3c(=O)c(C(=O)NNc4nccc(C(F)(F)F)n4)cn1c23. The first-order valence-electron chi connectivity index (χ1n) is 11.5. The van der Waals surface area contributed by atoms with Crippen LogP contribution in [-0.4, -0.2) is 65.2 Å². The van der Waals surface area contributed by atoms with Gasteiger partial charge < -0.3 is 19.1 Å². The average molecular weight is 521 g/mol. The molecule has 10 nitrogen and oxygen atoms in total. The quantitative estimate of drug-likeness (QED) is 0.399. The van der Waals surface area contributed by atoms with Crippen molar-refractivity contribution in [2.24, 2.45) is 0 Å². The van der Waals surface area contributed by atoms with Crippen LogP contribution in [0.4, 0.5) is 29.2 Å². The third-order valence-corrected chi connectivity index (χ3v) is 6.44. The Hall–Kier alpha value is -3.94. The number of alkyl halides is 3. The van der Waals surface area contributed by atoms with Crippen LogP contribution in [0.5, 0.6) is 5.75 Å². The number of piperazine rings is 1. The zero-order valence-corrected chi connectivity index (χ0v) is 19.9. The van der Waals surface area contributed by atoms with E-state index in [0.717, 1.165) is 25.4 Å². The first-order chi connectivity index (χ1) is 17.5. The van der Waals surface area contributed by atoms with E-state index in [2.05, 4.69) is 25.7 Å². The minimum atomic E-state index is -4.70. The number of rotatable bonds is 4. The molecule has 1 aromatic carbocycles. The van der Waals surface area contributed by atoms with Gasteiger partial charge in [-0.2, -0.15) is 13.2 Å². The number of carbonyl (C=O) groups excluding carboxylic acids is 1. The monoisotopic (exact) mass is 521 g/mol. The van der Waals surface area contributed by atoms with Crippen LogP contribution in [0.15, 0.2) is 29.3 Å². The second-order valence-electron chi connectivity index (χ2n) is 9.00. The van der Waals surface area contributed by atoms with Gasteiger partial charge in [0.15, 0.2) is 11.6 Å². The van der Waals surface area contributed by atoms with Crippen LogP contribution in [0.1, 0.15) is 29.0 Å². The Morgan fingerprint density at radius 1 is 1.22 bits per heavy atom. The summed E-state index contributed by atoms with van der Waals surface area (Å²) in [6.07, 6.45) is -2.48. The Morgan fingerprint density at radius 2 is 1.95 bits per heavy atom. The highest BCUT2D eigenvalue weighted by Crippen LogP contribution is 2.42. The molecule has 1 saturated heterocycles. The lowest BCUT2D eigenvalue weighted by Crippen LogP contribution is -2.45. The number of carbonyl (C=O) groups is 1. The first-order valence-corrected chi connectivity index (χ1v) is 11.5. The van der Waals surface area contributed by atoms with Gasteiger partial charge in [0.1, 0.15) is 23.6 Å². The number of halogens is 4. The van der Waals surface area contributed by atoms with Crippen molar-refractivity contribution >= 4 is 28.4 Å². The second-order valence-corrected chi connectivity index (χ2v) is 9.00. The van der Waals surface area contributed by atoms with Crippen LogP contribution < -0.4 is 25.9 Å². The van der Waals surface area contributed by atoms with E-state index in [4.69, 9.17) is 4.74 Å². The van der Waals surface area contributed by atoms with Gasteiger partial charge in [0.05, 0.1) is 16.9 Å². The maximum Gasteiger partial charge on any atom is 0.433 e. The number of ether oxygens (including phenoxy) is 1.